The third-order valence-corrected chi connectivity index (χ3v) is 14.1. The number of hydrogen-bond donors (Lipinski definition) is 1. The molecule has 3 atom stereocenters. The summed E-state index contributed by atoms with van der Waals surface area (Å²) in [7, 11) is -5.28. The van der Waals surface area contributed by atoms with Crippen LogP contribution in [0.25, 0.3) is 0 Å². The number of anilines is 3. The Hall–Kier alpha value is -4.27. The number of piperidine rings is 2. The van der Waals surface area contributed by atoms with Crippen LogP contribution in [-0.4, -0.2) is 88.6 Å². The van der Waals surface area contributed by atoms with Crippen molar-refractivity contribution < 1.29 is 31.9 Å². The van der Waals surface area contributed by atoms with Gasteiger partial charge in [-0.3, -0.25) is 19.3 Å². The Bertz CT molecular complexity index is 2000. The molecule has 3 saturated heterocycles. The summed E-state index contributed by atoms with van der Waals surface area (Å²) in [4.78, 5) is 47.0. The fraction of sp³-hybridized carbons (Fsp3) is 0.432. The molecule has 3 amide bonds. The molecule has 2 N–H and O–H groups in total. The molecule has 0 saturated carbocycles. The van der Waals surface area contributed by atoms with Crippen LogP contribution in [0.5, 0.6) is 0 Å². The van der Waals surface area contributed by atoms with Crippen molar-refractivity contribution in [3.63, 3.8) is 0 Å². The fourth-order valence-corrected chi connectivity index (χ4v) is 9.69. The predicted octanol–water partition coefficient (Wildman–Crippen LogP) is 4.88. The second-order valence-electron chi connectivity index (χ2n) is 15.1. The molecule has 0 radical (unpaired) electrons. The molecule has 0 bridgehead atoms. The summed E-state index contributed by atoms with van der Waals surface area (Å²) in [5.74, 6) is -1.63. The lowest BCUT2D eigenvalue weighted by Gasteiger charge is -2.57. The van der Waals surface area contributed by atoms with E-state index in [9.17, 15) is 27.2 Å². The lowest BCUT2D eigenvalue weighted by atomic mass is 9.85. The van der Waals surface area contributed by atoms with Gasteiger partial charge in [-0.15, -0.1) is 0 Å². The zero-order valence-electron chi connectivity index (χ0n) is 29.2. The molecule has 4 aliphatic rings. The van der Waals surface area contributed by atoms with E-state index in [1.807, 2.05) is 24.3 Å². The molecule has 11 nitrogen and oxygen atoms in total. The number of ether oxygens (including phenoxy) is 1. The van der Waals surface area contributed by atoms with Crippen LogP contribution in [0, 0.1) is 5.82 Å². The van der Waals surface area contributed by atoms with Gasteiger partial charge in [0.1, 0.15) is 18.6 Å². The zero-order valence-corrected chi connectivity index (χ0v) is 31.0. The summed E-state index contributed by atoms with van der Waals surface area (Å²) >= 11 is 0. The number of hydrogen-bond acceptors (Lipinski definition) is 9. The van der Waals surface area contributed by atoms with E-state index < -0.39 is 29.8 Å². The first-order valence-electron chi connectivity index (χ1n) is 17.5. The first-order valence-corrected chi connectivity index (χ1v) is 22.7. The third-order valence-electron chi connectivity index (χ3n) is 10.6. The van der Waals surface area contributed by atoms with E-state index in [0.29, 0.717) is 25.1 Å². The molecule has 270 valence electrons. The first kappa shape index (κ1) is 35.1. The number of likely N-dealkylation sites (tertiary alicyclic amines) is 1. The Kier molecular flexibility index (Phi) is 9.21. The second kappa shape index (κ2) is 13.4. The highest BCUT2D eigenvalue weighted by molar-refractivity contribution is 7.91. The predicted molar refractivity (Wildman–Crippen MR) is 194 cm³/mol. The Labute approximate surface area is 299 Å². The zero-order chi connectivity index (χ0) is 36.2. The van der Waals surface area contributed by atoms with E-state index in [1.165, 1.54) is 18.2 Å². The minimum Gasteiger partial charge on any atom is -0.396 e. The number of nitrogens with zero attached hydrogens (tertiary/aromatic N) is 4. The highest BCUT2D eigenvalue weighted by Gasteiger charge is 2.46. The Balaban J connectivity index is 1.03. The monoisotopic (exact) mass is 733 g/mol. The average Bonchev–Trinajstić information content (AvgIpc) is 3.40. The fourth-order valence-electron chi connectivity index (χ4n) is 7.62. The highest BCUT2D eigenvalue weighted by atomic mass is 32.2. The Morgan fingerprint density at radius 3 is 2.43 bits per heavy atom. The molecule has 3 aromatic rings. The van der Waals surface area contributed by atoms with Crippen LogP contribution in [0.4, 0.5) is 21.5 Å². The molecule has 4 heterocycles. The molecule has 3 fully saturated rings. The van der Waals surface area contributed by atoms with Gasteiger partial charge in [-0.1, -0.05) is 25.7 Å². The maximum absolute atomic E-state index is 14.1. The molecule has 3 aromatic carbocycles. The summed E-state index contributed by atoms with van der Waals surface area (Å²) in [6.07, 6.45) is 2.35. The number of benzene rings is 3. The van der Waals surface area contributed by atoms with E-state index in [4.69, 9.17) is 10.5 Å². The van der Waals surface area contributed by atoms with Gasteiger partial charge in [0.25, 0.3) is 11.8 Å². The SMILES string of the molecule is C[Si](C)(C)CCOCN1C(=O)CC[C@@H](N2Cc3cc(N4CC5C4CCCN5c4cccc(S(=O)(=O)c5ccc(N)c(F)c5)c4)ccc3C2=O)C1=O. The summed E-state index contributed by atoms with van der Waals surface area (Å²) in [5, 5.41) is 0. The number of amides is 3. The molecule has 0 aromatic heterocycles. The molecular weight excluding hydrogens is 690 g/mol. The smallest absolute Gasteiger partial charge is 0.255 e. The molecule has 51 heavy (non-hydrogen) atoms. The van der Waals surface area contributed by atoms with Crippen LogP contribution in [0.2, 0.25) is 25.7 Å². The number of carbonyl (C=O) groups excluding carboxylic acids is 3. The van der Waals surface area contributed by atoms with Gasteiger partial charge in [-0.25, -0.2) is 12.8 Å². The molecule has 0 spiro atoms. The number of sulfone groups is 1. The van der Waals surface area contributed by atoms with Gasteiger partial charge in [0.15, 0.2) is 0 Å². The van der Waals surface area contributed by atoms with Gasteiger partial charge in [-0.2, -0.15) is 0 Å². The minimum atomic E-state index is -3.96. The number of halogens is 1. The number of nitrogens with two attached hydrogens (primary N) is 1. The third kappa shape index (κ3) is 6.64. The average molecular weight is 734 g/mol. The quantitative estimate of drug-likeness (QED) is 0.134. The van der Waals surface area contributed by atoms with Crippen molar-refractivity contribution in [3.05, 3.63) is 77.6 Å². The van der Waals surface area contributed by atoms with Crippen LogP contribution in [-0.2, 0) is 30.7 Å². The van der Waals surface area contributed by atoms with Crippen molar-refractivity contribution in [1.82, 2.24) is 9.80 Å². The number of nitrogen functional groups attached to an aromatic ring is 1. The largest absolute Gasteiger partial charge is 0.396 e. The van der Waals surface area contributed by atoms with Gasteiger partial charge in [-0.05, 0) is 85.5 Å². The number of imide groups is 1. The molecule has 7 rings (SSSR count). The minimum absolute atomic E-state index is 0.0883. The lowest BCUT2D eigenvalue weighted by molar-refractivity contribution is -0.158. The molecule has 14 heteroatoms. The lowest BCUT2D eigenvalue weighted by Crippen LogP contribution is -2.69. The first-order chi connectivity index (χ1) is 24.2. The van der Waals surface area contributed by atoms with E-state index in [1.54, 1.807) is 17.0 Å². The maximum Gasteiger partial charge on any atom is 0.255 e. The van der Waals surface area contributed by atoms with E-state index in [0.717, 1.165) is 59.9 Å². The van der Waals surface area contributed by atoms with Crippen LogP contribution in [0.3, 0.4) is 0 Å². The number of carbonyl (C=O) groups is 3. The Morgan fingerprint density at radius 2 is 1.67 bits per heavy atom. The van der Waals surface area contributed by atoms with Crippen molar-refractivity contribution in [2.75, 3.05) is 42.0 Å². The summed E-state index contributed by atoms with van der Waals surface area (Å²) in [6.45, 7) is 8.91. The number of rotatable bonds is 10. The van der Waals surface area contributed by atoms with Gasteiger partial charge in [0.05, 0.1) is 27.6 Å². The topological polar surface area (TPSA) is 134 Å². The van der Waals surface area contributed by atoms with E-state index >= 15 is 0 Å². The summed E-state index contributed by atoms with van der Waals surface area (Å²) < 4.78 is 46.7. The van der Waals surface area contributed by atoms with Gasteiger partial charge < -0.3 is 25.2 Å². The highest BCUT2D eigenvalue weighted by Crippen LogP contribution is 2.40. The van der Waals surface area contributed by atoms with Crippen LogP contribution in [0.15, 0.2) is 70.5 Å². The van der Waals surface area contributed by atoms with Crippen molar-refractivity contribution in [3.8, 4) is 0 Å². The molecule has 2 unspecified atom stereocenters. The van der Waals surface area contributed by atoms with Crippen LogP contribution >= 0.6 is 0 Å². The van der Waals surface area contributed by atoms with Crippen LogP contribution in [0.1, 0.15) is 41.6 Å². The van der Waals surface area contributed by atoms with Crippen molar-refractivity contribution in [2.24, 2.45) is 0 Å². The normalized spacial score (nSPS) is 22.3. The van der Waals surface area contributed by atoms with E-state index in [2.05, 4.69) is 29.4 Å². The van der Waals surface area contributed by atoms with Gasteiger partial charge in [0, 0.05) is 57.7 Å². The molecule has 4 aliphatic heterocycles. The van der Waals surface area contributed by atoms with Crippen molar-refractivity contribution in [2.45, 2.75) is 85.8 Å². The molecule has 0 aliphatic carbocycles. The second-order valence-corrected chi connectivity index (χ2v) is 22.7. The van der Waals surface area contributed by atoms with E-state index in [-0.39, 0.29) is 58.4 Å². The van der Waals surface area contributed by atoms with Gasteiger partial charge in [0.2, 0.25) is 15.7 Å². The summed E-state index contributed by atoms with van der Waals surface area (Å²) in [5.41, 5.74) is 8.67. The van der Waals surface area contributed by atoms with Crippen molar-refractivity contribution >= 4 is 52.7 Å². The maximum atomic E-state index is 14.1. The molecular formula is C37H44FN5O6SSi. The standard InChI is InChI=1S/C37H44FN5O6SSi/c1-51(2,3)17-16-49-23-43-35(44)14-13-33(37(43)46)42-21-24-18-26(9-11-29(24)36(42)45)41-22-34-32(41)8-5-15-40(34)25-6-4-7-27(19-25)50(47,48)28-10-12-31(39)30(38)20-28/h4,6-7,9-12,18-20,32-34H,5,8,13-17,21-23,39H2,1-3H3/t32?,33-,34?/m1/s1. The summed E-state index contributed by atoms with van der Waals surface area (Å²) in [6, 6.07) is 16.7. The number of fused-ring (bicyclic) bond motifs is 2. The van der Waals surface area contributed by atoms with Gasteiger partial charge >= 0.3 is 0 Å². The Morgan fingerprint density at radius 1 is 0.902 bits per heavy atom. The van der Waals surface area contributed by atoms with Crippen LogP contribution < -0.4 is 15.5 Å². The van der Waals surface area contributed by atoms with Crippen molar-refractivity contribution in [1.29, 1.82) is 0 Å².